The Kier molecular flexibility index (Phi) is 5.81. The molecule has 2 fully saturated rings. The molecule has 0 bridgehead atoms. The van der Waals surface area contributed by atoms with E-state index < -0.39 is 0 Å². The highest BCUT2D eigenvalue weighted by molar-refractivity contribution is 6.11. The molecule has 152 valence electrons. The van der Waals surface area contributed by atoms with Crippen molar-refractivity contribution in [3.05, 3.63) is 28.7 Å². The zero-order valence-electron chi connectivity index (χ0n) is 16.2. The monoisotopic (exact) mass is 407 g/mol. The fourth-order valence-corrected chi connectivity index (χ4v) is 4.20. The number of aromatic nitrogens is 2. The second kappa shape index (κ2) is 7.97. The minimum absolute atomic E-state index is 0. The molecule has 2 aromatic rings. The third-order valence-corrected chi connectivity index (χ3v) is 5.72. The molecule has 0 radical (unpaired) electrons. The van der Waals surface area contributed by atoms with Crippen molar-refractivity contribution in [2.45, 2.75) is 38.1 Å². The van der Waals surface area contributed by atoms with E-state index in [0.29, 0.717) is 18.0 Å². The Morgan fingerprint density at radius 2 is 1.68 bits per heavy atom. The minimum atomic E-state index is -0.369. The molecule has 9 heteroatoms. The van der Waals surface area contributed by atoms with Crippen LogP contribution in [0.25, 0.3) is 11.0 Å². The van der Waals surface area contributed by atoms with Crippen molar-refractivity contribution in [3.8, 4) is 0 Å². The number of amides is 2. The van der Waals surface area contributed by atoms with Crippen LogP contribution in [0.1, 0.15) is 32.1 Å². The number of nitrogens with one attached hydrogen (secondary N) is 1. The summed E-state index contributed by atoms with van der Waals surface area (Å²) in [5.74, 6) is -0.637. The van der Waals surface area contributed by atoms with Gasteiger partial charge in [-0.05, 0) is 38.4 Å². The summed E-state index contributed by atoms with van der Waals surface area (Å²) in [6.07, 6.45) is 3.17. The Labute approximate surface area is 169 Å². The minimum Gasteiger partial charge on any atom is -0.370 e. The number of nitrogens with zero attached hydrogens (tertiary/aromatic N) is 4. The summed E-state index contributed by atoms with van der Waals surface area (Å²) in [4.78, 5) is 40.0. The molecule has 2 aliphatic rings. The lowest BCUT2D eigenvalue weighted by molar-refractivity contribution is -0.131. The van der Waals surface area contributed by atoms with E-state index in [-0.39, 0.29) is 42.8 Å². The van der Waals surface area contributed by atoms with Crippen LogP contribution in [-0.2, 0) is 16.6 Å². The van der Waals surface area contributed by atoms with Crippen LogP contribution in [0.3, 0.4) is 0 Å². The number of benzene rings is 1. The molecule has 0 atom stereocenters. The first-order valence-electron chi connectivity index (χ1n) is 9.51. The van der Waals surface area contributed by atoms with Gasteiger partial charge in [0.15, 0.2) is 0 Å². The van der Waals surface area contributed by atoms with E-state index >= 15 is 0 Å². The average molecular weight is 408 g/mol. The molecule has 3 heterocycles. The molecule has 28 heavy (non-hydrogen) atoms. The van der Waals surface area contributed by atoms with Crippen LogP contribution in [0.5, 0.6) is 0 Å². The van der Waals surface area contributed by atoms with Gasteiger partial charge in [-0.2, -0.15) is 9.69 Å². The van der Waals surface area contributed by atoms with Gasteiger partial charge in [0.1, 0.15) is 0 Å². The van der Waals surface area contributed by atoms with Crippen molar-refractivity contribution in [2.75, 3.05) is 30.0 Å². The molecule has 0 saturated carbocycles. The molecule has 2 aliphatic heterocycles. The summed E-state index contributed by atoms with van der Waals surface area (Å²) in [5.41, 5.74) is 1.96. The standard InChI is InChI=1S/C19H25N5O3.ClH/c1-20-13-9-11-22(12-10-13)14-5-3-6-15-18(14)21(2)19(27)23(15)24-16(25)7-4-8-17(24)26;/h3,5-6,13,20H,4,7-12H2,1-2H3;1H. The van der Waals surface area contributed by atoms with E-state index in [4.69, 9.17) is 0 Å². The lowest BCUT2D eigenvalue weighted by Gasteiger charge is -2.34. The van der Waals surface area contributed by atoms with Gasteiger partial charge in [0.05, 0.1) is 16.7 Å². The number of para-hydroxylation sites is 1. The summed E-state index contributed by atoms with van der Waals surface area (Å²) in [6, 6.07) is 6.20. The number of hydrogen-bond acceptors (Lipinski definition) is 5. The second-order valence-electron chi connectivity index (χ2n) is 7.30. The van der Waals surface area contributed by atoms with Gasteiger partial charge in [-0.15, -0.1) is 12.4 Å². The molecular formula is C19H26ClN5O3. The van der Waals surface area contributed by atoms with Crippen LogP contribution in [0.4, 0.5) is 5.69 Å². The number of halogens is 1. The molecular weight excluding hydrogens is 382 g/mol. The Hall–Kier alpha value is -2.32. The van der Waals surface area contributed by atoms with Gasteiger partial charge in [0.2, 0.25) is 11.8 Å². The van der Waals surface area contributed by atoms with Crippen LogP contribution < -0.4 is 20.9 Å². The third-order valence-electron chi connectivity index (χ3n) is 5.72. The Morgan fingerprint density at radius 3 is 2.29 bits per heavy atom. The van der Waals surface area contributed by atoms with Gasteiger partial charge in [-0.1, -0.05) is 6.07 Å². The molecule has 1 N–H and O–H groups in total. The second-order valence-corrected chi connectivity index (χ2v) is 7.30. The van der Waals surface area contributed by atoms with Crippen molar-refractivity contribution in [3.63, 3.8) is 0 Å². The van der Waals surface area contributed by atoms with Crippen LogP contribution >= 0.6 is 12.4 Å². The van der Waals surface area contributed by atoms with Crippen LogP contribution in [0, 0.1) is 0 Å². The van der Waals surface area contributed by atoms with E-state index in [1.54, 1.807) is 17.7 Å². The Morgan fingerprint density at radius 1 is 1.04 bits per heavy atom. The van der Waals surface area contributed by atoms with Gasteiger partial charge in [-0.25, -0.2) is 4.79 Å². The number of imide groups is 1. The maximum atomic E-state index is 13.0. The molecule has 0 spiro atoms. The highest BCUT2D eigenvalue weighted by Crippen LogP contribution is 2.29. The molecule has 0 unspecified atom stereocenters. The zero-order chi connectivity index (χ0) is 19.1. The first kappa shape index (κ1) is 20.4. The molecule has 1 aromatic carbocycles. The lowest BCUT2D eigenvalue weighted by Crippen LogP contribution is -2.52. The number of carbonyl (C=O) groups excluding carboxylic acids is 2. The smallest absolute Gasteiger partial charge is 0.348 e. The summed E-state index contributed by atoms with van der Waals surface area (Å²) in [5, 5.41) is 4.36. The van der Waals surface area contributed by atoms with E-state index in [2.05, 4.69) is 10.2 Å². The predicted molar refractivity (Wildman–Crippen MR) is 111 cm³/mol. The fraction of sp³-hybridized carbons (Fsp3) is 0.526. The first-order chi connectivity index (χ1) is 13.0. The highest BCUT2D eigenvalue weighted by atomic mass is 35.5. The van der Waals surface area contributed by atoms with Crippen molar-refractivity contribution in [1.82, 2.24) is 14.6 Å². The number of aryl methyl sites for hydroxylation is 1. The lowest BCUT2D eigenvalue weighted by atomic mass is 10.0. The summed E-state index contributed by atoms with van der Waals surface area (Å²) in [6.45, 7) is 1.79. The van der Waals surface area contributed by atoms with Gasteiger partial charge in [0, 0.05) is 39.0 Å². The summed E-state index contributed by atoms with van der Waals surface area (Å²) < 4.78 is 2.80. The largest absolute Gasteiger partial charge is 0.370 e. The van der Waals surface area contributed by atoms with Gasteiger partial charge in [0.25, 0.3) is 0 Å². The predicted octanol–water partition coefficient (Wildman–Crippen LogP) is 1.13. The molecule has 8 nitrogen and oxygen atoms in total. The topological polar surface area (TPSA) is 79.6 Å². The van der Waals surface area contributed by atoms with Crippen LogP contribution in [0.2, 0.25) is 0 Å². The molecule has 0 aliphatic carbocycles. The quantitative estimate of drug-likeness (QED) is 0.771. The van der Waals surface area contributed by atoms with E-state index in [9.17, 15) is 14.4 Å². The Balaban J connectivity index is 0.00000225. The van der Waals surface area contributed by atoms with Crippen molar-refractivity contribution in [1.29, 1.82) is 0 Å². The van der Waals surface area contributed by atoms with E-state index in [1.807, 2.05) is 19.2 Å². The van der Waals surface area contributed by atoms with Gasteiger partial charge >= 0.3 is 5.69 Å². The maximum Gasteiger partial charge on any atom is 0.348 e. The molecule has 2 amide bonds. The number of piperidine rings is 2. The van der Waals surface area contributed by atoms with Crippen LogP contribution in [0.15, 0.2) is 23.0 Å². The number of hydrogen-bond donors (Lipinski definition) is 1. The normalized spacial score (nSPS) is 18.6. The van der Waals surface area contributed by atoms with E-state index in [1.165, 1.54) is 4.68 Å². The SMILES string of the molecule is CNC1CCN(c2cccc3c2n(C)c(=O)n3N2C(=O)CCCC2=O)CC1.Cl. The van der Waals surface area contributed by atoms with Crippen molar-refractivity contribution >= 4 is 40.9 Å². The summed E-state index contributed by atoms with van der Waals surface area (Å²) in [7, 11) is 3.68. The number of fused-ring (bicyclic) bond motifs is 1. The van der Waals surface area contributed by atoms with Crippen LogP contribution in [-0.4, -0.2) is 47.2 Å². The first-order valence-corrected chi connectivity index (χ1v) is 9.51. The number of imidazole rings is 1. The Bertz CT molecular complexity index is 942. The summed E-state index contributed by atoms with van der Waals surface area (Å²) >= 11 is 0. The average Bonchev–Trinajstić information content (AvgIpc) is 2.93. The fourth-order valence-electron chi connectivity index (χ4n) is 4.20. The van der Waals surface area contributed by atoms with Crippen molar-refractivity contribution in [2.24, 2.45) is 7.05 Å². The molecule has 4 rings (SSSR count). The van der Waals surface area contributed by atoms with Gasteiger partial charge < -0.3 is 10.2 Å². The molecule has 2 saturated heterocycles. The number of carbonyl (C=O) groups is 2. The molecule has 1 aromatic heterocycles. The highest BCUT2D eigenvalue weighted by Gasteiger charge is 2.32. The maximum absolute atomic E-state index is 13.0. The van der Waals surface area contributed by atoms with Gasteiger partial charge in [-0.3, -0.25) is 14.2 Å². The van der Waals surface area contributed by atoms with Crippen molar-refractivity contribution < 1.29 is 9.59 Å². The van der Waals surface area contributed by atoms with E-state index in [0.717, 1.165) is 42.1 Å². The third kappa shape index (κ3) is 3.20. The zero-order valence-corrected chi connectivity index (χ0v) is 17.0. The number of anilines is 1. The number of rotatable bonds is 3.